The molecule has 0 fully saturated rings. The van der Waals surface area contributed by atoms with Crippen molar-refractivity contribution in [1.29, 1.82) is 0 Å². The first kappa shape index (κ1) is 16.3. The van der Waals surface area contributed by atoms with Gasteiger partial charge in [-0.25, -0.2) is 0 Å². The highest BCUT2D eigenvalue weighted by Crippen LogP contribution is 2.00. The third-order valence-corrected chi connectivity index (χ3v) is 2.48. The first-order valence-corrected chi connectivity index (χ1v) is 6.63. The number of amides is 1. The molecule has 3 N–H and O–H groups in total. The predicted molar refractivity (Wildman–Crippen MR) is 82.1 cm³/mol. The first-order valence-electron chi connectivity index (χ1n) is 6.23. The fraction of sp³-hybridized carbons (Fsp3) is 0.286. The lowest BCUT2D eigenvalue weighted by Gasteiger charge is -2.08. The predicted octanol–water partition coefficient (Wildman–Crippen LogP) is 0.699. The fourth-order valence-electron chi connectivity index (χ4n) is 1.34. The Morgan fingerprint density at radius 1 is 1.30 bits per heavy atom. The number of aliphatic hydroxyl groups is 1. The van der Waals surface area contributed by atoms with E-state index in [0.29, 0.717) is 19.8 Å². The average molecular weight is 294 g/mol. The molecular formula is C14H18N2O3S. The van der Waals surface area contributed by atoms with Crippen LogP contribution in [0.4, 0.5) is 0 Å². The van der Waals surface area contributed by atoms with E-state index in [9.17, 15) is 4.79 Å². The second kappa shape index (κ2) is 10.1. The number of carbonyl (C=O) groups excluding carboxylic acids is 1. The quantitative estimate of drug-likeness (QED) is 0.392. The molecule has 0 saturated heterocycles. The van der Waals surface area contributed by atoms with Gasteiger partial charge in [0, 0.05) is 12.6 Å². The molecule has 0 aromatic heterocycles. The van der Waals surface area contributed by atoms with Gasteiger partial charge in [0.15, 0.2) is 5.11 Å². The monoisotopic (exact) mass is 294 g/mol. The van der Waals surface area contributed by atoms with E-state index in [1.54, 1.807) is 6.08 Å². The summed E-state index contributed by atoms with van der Waals surface area (Å²) in [5.74, 6) is -0.289. The Hall–Kier alpha value is -1.76. The molecule has 0 aliphatic heterocycles. The molecule has 6 heteroatoms. The molecule has 0 aliphatic carbocycles. The molecule has 0 unspecified atom stereocenters. The second-order valence-electron chi connectivity index (χ2n) is 3.83. The molecule has 20 heavy (non-hydrogen) atoms. The molecular weight excluding hydrogens is 276 g/mol. The molecule has 1 aromatic rings. The molecule has 0 atom stereocenters. The van der Waals surface area contributed by atoms with E-state index in [1.807, 2.05) is 30.3 Å². The Bertz CT molecular complexity index is 449. The fourth-order valence-corrected chi connectivity index (χ4v) is 1.54. The van der Waals surface area contributed by atoms with Crippen LogP contribution in [0.15, 0.2) is 36.4 Å². The van der Waals surface area contributed by atoms with E-state index in [-0.39, 0.29) is 17.6 Å². The summed E-state index contributed by atoms with van der Waals surface area (Å²) >= 11 is 4.96. The number of ether oxygens (including phenoxy) is 1. The zero-order valence-corrected chi connectivity index (χ0v) is 11.9. The number of carbonyl (C=O) groups is 1. The van der Waals surface area contributed by atoms with Crippen molar-refractivity contribution in [2.45, 2.75) is 0 Å². The molecule has 0 aliphatic rings. The zero-order valence-electron chi connectivity index (χ0n) is 11.0. The van der Waals surface area contributed by atoms with E-state index < -0.39 is 0 Å². The van der Waals surface area contributed by atoms with Gasteiger partial charge in [-0.05, 0) is 23.9 Å². The third kappa shape index (κ3) is 7.63. The second-order valence-corrected chi connectivity index (χ2v) is 4.23. The van der Waals surface area contributed by atoms with E-state index in [1.165, 1.54) is 6.08 Å². The SMILES string of the molecule is O=C(/C=C/c1ccccc1)NC(=S)NCCOCCO. The third-order valence-electron chi connectivity index (χ3n) is 2.23. The number of thiocarbonyl (C=S) groups is 1. The van der Waals surface area contributed by atoms with Crippen LogP contribution in [0.3, 0.4) is 0 Å². The summed E-state index contributed by atoms with van der Waals surface area (Å²) in [6, 6.07) is 9.51. The largest absolute Gasteiger partial charge is 0.394 e. The van der Waals surface area contributed by atoms with Gasteiger partial charge < -0.3 is 15.2 Å². The van der Waals surface area contributed by atoms with Gasteiger partial charge in [-0.15, -0.1) is 0 Å². The molecule has 0 spiro atoms. The summed E-state index contributed by atoms with van der Waals surface area (Å²) in [7, 11) is 0. The van der Waals surface area contributed by atoms with Crippen molar-refractivity contribution >= 4 is 29.3 Å². The molecule has 5 nitrogen and oxygen atoms in total. The van der Waals surface area contributed by atoms with Crippen LogP contribution in [-0.4, -0.2) is 42.5 Å². The van der Waals surface area contributed by atoms with Gasteiger partial charge in [-0.1, -0.05) is 30.3 Å². The topological polar surface area (TPSA) is 70.6 Å². The maximum Gasteiger partial charge on any atom is 0.250 e. The van der Waals surface area contributed by atoms with Crippen LogP contribution >= 0.6 is 12.2 Å². The van der Waals surface area contributed by atoms with Crippen molar-refractivity contribution < 1.29 is 14.6 Å². The molecule has 0 heterocycles. The Balaban J connectivity index is 2.21. The van der Waals surface area contributed by atoms with Crippen molar-refractivity contribution in [2.24, 2.45) is 0 Å². The summed E-state index contributed by atoms with van der Waals surface area (Å²) in [4.78, 5) is 11.6. The Kier molecular flexibility index (Phi) is 8.21. The molecule has 1 aromatic carbocycles. The van der Waals surface area contributed by atoms with Crippen LogP contribution < -0.4 is 10.6 Å². The van der Waals surface area contributed by atoms with Crippen molar-refractivity contribution in [3.05, 3.63) is 42.0 Å². The summed E-state index contributed by atoms with van der Waals surface area (Å²) in [6.07, 6.45) is 3.13. The number of hydrogen-bond acceptors (Lipinski definition) is 4. The highest BCUT2D eigenvalue weighted by Gasteiger charge is 1.99. The number of nitrogens with one attached hydrogen (secondary N) is 2. The lowest BCUT2D eigenvalue weighted by Crippen LogP contribution is -2.39. The molecule has 0 bridgehead atoms. The molecule has 0 radical (unpaired) electrons. The smallest absolute Gasteiger partial charge is 0.250 e. The van der Waals surface area contributed by atoms with Crippen molar-refractivity contribution in [1.82, 2.24) is 10.6 Å². The van der Waals surface area contributed by atoms with Gasteiger partial charge in [-0.2, -0.15) is 0 Å². The minimum Gasteiger partial charge on any atom is -0.394 e. The first-order chi connectivity index (χ1) is 9.72. The standard InChI is InChI=1S/C14H18N2O3S/c17-9-11-19-10-8-15-14(20)16-13(18)7-6-12-4-2-1-3-5-12/h1-7,17H,8-11H2,(H2,15,16,18,20)/b7-6+. The molecule has 1 amide bonds. The number of benzene rings is 1. The summed E-state index contributed by atoms with van der Waals surface area (Å²) in [5, 5.41) is 14.1. The maximum absolute atomic E-state index is 11.6. The summed E-state index contributed by atoms with van der Waals surface area (Å²) < 4.78 is 5.04. The van der Waals surface area contributed by atoms with E-state index in [4.69, 9.17) is 22.1 Å². The summed E-state index contributed by atoms with van der Waals surface area (Å²) in [6.45, 7) is 1.17. The van der Waals surface area contributed by atoms with Gasteiger partial charge in [0.25, 0.3) is 0 Å². The van der Waals surface area contributed by atoms with Gasteiger partial charge in [0.05, 0.1) is 19.8 Å². The van der Waals surface area contributed by atoms with Gasteiger partial charge >= 0.3 is 0 Å². The molecule has 0 saturated carbocycles. The van der Waals surface area contributed by atoms with Crippen LogP contribution in [0.25, 0.3) is 6.08 Å². The number of hydrogen-bond donors (Lipinski definition) is 3. The van der Waals surface area contributed by atoms with Gasteiger partial charge in [0.2, 0.25) is 5.91 Å². The number of rotatable bonds is 7. The van der Waals surface area contributed by atoms with Crippen LogP contribution in [-0.2, 0) is 9.53 Å². The normalized spacial score (nSPS) is 10.4. The van der Waals surface area contributed by atoms with Crippen LogP contribution in [0, 0.1) is 0 Å². The molecule has 1 rings (SSSR count). The van der Waals surface area contributed by atoms with E-state index in [0.717, 1.165) is 5.56 Å². The lowest BCUT2D eigenvalue weighted by molar-refractivity contribution is -0.115. The van der Waals surface area contributed by atoms with Gasteiger partial charge in [0.1, 0.15) is 0 Å². The Morgan fingerprint density at radius 2 is 2.05 bits per heavy atom. The Labute approximate surface area is 123 Å². The minimum absolute atomic E-state index is 0.00847. The summed E-state index contributed by atoms with van der Waals surface area (Å²) in [5.41, 5.74) is 0.943. The van der Waals surface area contributed by atoms with Crippen molar-refractivity contribution in [3.8, 4) is 0 Å². The highest BCUT2D eigenvalue weighted by molar-refractivity contribution is 7.80. The minimum atomic E-state index is -0.289. The van der Waals surface area contributed by atoms with Gasteiger partial charge in [-0.3, -0.25) is 10.1 Å². The van der Waals surface area contributed by atoms with Crippen molar-refractivity contribution in [2.75, 3.05) is 26.4 Å². The van der Waals surface area contributed by atoms with Crippen LogP contribution in [0.2, 0.25) is 0 Å². The Morgan fingerprint density at radius 3 is 2.75 bits per heavy atom. The van der Waals surface area contributed by atoms with Crippen LogP contribution in [0.1, 0.15) is 5.56 Å². The van der Waals surface area contributed by atoms with Crippen LogP contribution in [0.5, 0.6) is 0 Å². The van der Waals surface area contributed by atoms with E-state index in [2.05, 4.69) is 10.6 Å². The van der Waals surface area contributed by atoms with E-state index >= 15 is 0 Å². The zero-order chi connectivity index (χ0) is 14.6. The average Bonchev–Trinajstić information content (AvgIpc) is 2.46. The highest BCUT2D eigenvalue weighted by atomic mass is 32.1. The lowest BCUT2D eigenvalue weighted by atomic mass is 10.2. The maximum atomic E-state index is 11.6. The number of aliphatic hydroxyl groups excluding tert-OH is 1. The van der Waals surface area contributed by atoms with Crippen molar-refractivity contribution in [3.63, 3.8) is 0 Å². The molecule has 108 valence electrons.